The SMILES string of the molecule is CCOc1ccc(NC(=O)NC(CO)Cc2ccccc2)c(C(F)(F)F)c1. The van der Waals surface area contributed by atoms with Crippen molar-refractivity contribution in [2.75, 3.05) is 18.5 Å². The first-order valence-electron chi connectivity index (χ1n) is 8.39. The minimum Gasteiger partial charge on any atom is -0.494 e. The average Bonchev–Trinajstić information content (AvgIpc) is 2.62. The number of alkyl halides is 3. The number of carbonyl (C=O) groups is 1. The van der Waals surface area contributed by atoms with Crippen LogP contribution in [-0.2, 0) is 12.6 Å². The normalized spacial score (nSPS) is 12.3. The van der Waals surface area contributed by atoms with Crippen LogP contribution in [0.3, 0.4) is 0 Å². The third-order valence-electron chi connectivity index (χ3n) is 3.74. The minimum atomic E-state index is -4.66. The zero-order chi connectivity index (χ0) is 19.9. The van der Waals surface area contributed by atoms with E-state index in [-0.39, 0.29) is 24.7 Å². The van der Waals surface area contributed by atoms with Gasteiger partial charge in [-0.3, -0.25) is 0 Å². The van der Waals surface area contributed by atoms with Gasteiger partial charge in [-0.2, -0.15) is 13.2 Å². The highest BCUT2D eigenvalue weighted by Gasteiger charge is 2.34. The van der Waals surface area contributed by atoms with Crippen LogP contribution in [0.1, 0.15) is 18.1 Å². The van der Waals surface area contributed by atoms with Crippen LogP contribution in [0.2, 0.25) is 0 Å². The number of rotatable bonds is 7. The Bertz CT molecular complexity index is 752. The third-order valence-corrected chi connectivity index (χ3v) is 3.74. The fraction of sp³-hybridized carbons (Fsp3) is 0.316. The summed E-state index contributed by atoms with van der Waals surface area (Å²) in [6.45, 7) is 1.54. The number of urea groups is 1. The van der Waals surface area contributed by atoms with E-state index in [0.29, 0.717) is 6.42 Å². The van der Waals surface area contributed by atoms with Crippen LogP contribution in [-0.4, -0.2) is 30.4 Å². The molecule has 8 heteroatoms. The van der Waals surface area contributed by atoms with Gasteiger partial charge in [-0.25, -0.2) is 4.79 Å². The highest BCUT2D eigenvalue weighted by Crippen LogP contribution is 2.37. The lowest BCUT2D eigenvalue weighted by Crippen LogP contribution is -2.41. The summed E-state index contributed by atoms with van der Waals surface area (Å²) in [6.07, 6.45) is -4.31. The number of halogens is 3. The number of amides is 2. The summed E-state index contributed by atoms with van der Waals surface area (Å²) < 4.78 is 44.9. The molecule has 146 valence electrons. The summed E-state index contributed by atoms with van der Waals surface area (Å²) in [6, 6.07) is 11.0. The first-order chi connectivity index (χ1) is 12.8. The highest BCUT2D eigenvalue weighted by molar-refractivity contribution is 5.90. The number of hydrogen-bond donors (Lipinski definition) is 3. The van der Waals surface area contributed by atoms with E-state index >= 15 is 0 Å². The van der Waals surface area contributed by atoms with Gasteiger partial charge in [-0.1, -0.05) is 30.3 Å². The lowest BCUT2D eigenvalue weighted by atomic mass is 10.1. The molecule has 0 radical (unpaired) electrons. The molecule has 1 atom stereocenters. The van der Waals surface area contributed by atoms with Gasteiger partial charge >= 0.3 is 12.2 Å². The highest BCUT2D eigenvalue weighted by atomic mass is 19.4. The third kappa shape index (κ3) is 6.18. The summed E-state index contributed by atoms with van der Waals surface area (Å²) >= 11 is 0. The van der Waals surface area contributed by atoms with E-state index in [1.54, 1.807) is 6.92 Å². The molecule has 0 saturated heterocycles. The maximum Gasteiger partial charge on any atom is 0.418 e. The summed E-state index contributed by atoms with van der Waals surface area (Å²) in [5.74, 6) is 0.0631. The first-order valence-corrected chi connectivity index (χ1v) is 8.39. The number of aliphatic hydroxyl groups excluding tert-OH is 1. The minimum absolute atomic E-state index is 0.0631. The molecule has 1 unspecified atom stereocenters. The van der Waals surface area contributed by atoms with Crippen LogP contribution in [0.4, 0.5) is 23.7 Å². The van der Waals surface area contributed by atoms with E-state index in [1.165, 1.54) is 6.07 Å². The maximum atomic E-state index is 13.3. The fourth-order valence-electron chi connectivity index (χ4n) is 2.53. The molecule has 2 aromatic carbocycles. The van der Waals surface area contributed by atoms with Gasteiger partial charge in [0.15, 0.2) is 0 Å². The van der Waals surface area contributed by atoms with Crippen molar-refractivity contribution < 1.29 is 27.8 Å². The Morgan fingerprint density at radius 3 is 2.48 bits per heavy atom. The van der Waals surface area contributed by atoms with E-state index < -0.39 is 23.8 Å². The molecule has 2 aromatic rings. The Kier molecular flexibility index (Phi) is 7.06. The quantitative estimate of drug-likeness (QED) is 0.682. The van der Waals surface area contributed by atoms with Crippen LogP contribution in [0.25, 0.3) is 0 Å². The Morgan fingerprint density at radius 1 is 1.19 bits per heavy atom. The second-order valence-corrected chi connectivity index (χ2v) is 5.81. The van der Waals surface area contributed by atoms with Crippen LogP contribution < -0.4 is 15.4 Å². The maximum absolute atomic E-state index is 13.3. The molecule has 5 nitrogen and oxygen atoms in total. The number of anilines is 1. The van der Waals surface area contributed by atoms with Gasteiger partial charge in [-0.15, -0.1) is 0 Å². The smallest absolute Gasteiger partial charge is 0.418 e. The standard InChI is InChI=1S/C19H21F3N2O3/c1-2-27-15-8-9-17(16(11-15)19(20,21)22)24-18(26)23-14(12-25)10-13-6-4-3-5-7-13/h3-9,11,14,25H,2,10,12H2,1H3,(H2,23,24,26). The molecular weight excluding hydrogens is 361 g/mol. The van der Waals surface area contributed by atoms with E-state index in [1.807, 2.05) is 30.3 Å². The zero-order valence-corrected chi connectivity index (χ0v) is 14.7. The number of ether oxygens (including phenoxy) is 1. The molecular formula is C19H21F3N2O3. The van der Waals surface area contributed by atoms with Crippen molar-refractivity contribution in [2.24, 2.45) is 0 Å². The van der Waals surface area contributed by atoms with E-state index in [0.717, 1.165) is 17.7 Å². The lowest BCUT2D eigenvalue weighted by Gasteiger charge is -2.19. The molecule has 3 N–H and O–H groups in total. The van der Waals surface area contributed by atoms with E-state index in [9.17, 15) is 23.1 Å². The van der Waals surface area contributed by atoms with Gasteiger partial charge in [0.25, 0.3) is 0 Å². The summed E-state index contributed by atoms with van der Waals surface area (Å²) in [5, 5.41) is 14.1. The van der Waals surface area contributed by atoms with Crippen molar-refractivity contribution in [1.29, 1.82) is 0 Å². The summed E-state index contributed by atoms with van der Waals surface area (Å²) in [4.78, 5) is 12.1. The molecule has 0 aliphatic carbocycles. The van der Waals surface area contributed by atoms with Gasteiger partial charge < -0.3 is 20.5 Å². The summed E-state index contributed by atoms with van der Waals surface area (Å²) in [7, 11) is 0. The van der Waals surface area contributed by atoms with Crippen LogP contribution in [0.15, 0.2) is 48.5 Å². The molecule has 0 spiro atoms. The Hall–Kier alpha value is -2.74. The summed E-state index contributed by atoms with van der Waals surface area (Å²) in [5.41, 5.74) is -0.513. The van der Waals surface area contributed by atoms with Gasteiger partial charge in [0.2, 0.25) is 0 Å². The average molecular weight is 382 g/mol. The monoisotopic (exact) mass is 382 g/mol. The van der Waals surface area contributed by atoms with E-state index in [2.05, 4.69) is 10.6 Å². The van der Waals surface area contributed by atoms with Gasteiger partial charge in [0.05, 0.1) is 30.5 Å². The topological polar surface area (TPSA) is 70.6 Å². The largest absolute Gasteiger partial charge is 0.494 e. The second-order valence-electron chi connectivity index (χ2n) is 5.81. The van der Waals surface area contributed by atoms with Crippen molar-refractivity contribution in [3.05, 3.63) is 59.7 Å². The molecule has 0 aromatic heterocycles. The van der Waals surface area contributed by atoms with E-state index in [4.69, 9.17) is 4.74 Å². The molecule has 0 saturated carbocycles. The van der Waals surface area contributed by atoms with Gasteiger partial charge in [0, 0.05) is 0 Å². The molecule has 2 rings (SSSR count). The number of hydrogen-bond acceptors (Lipinski definition) is 3. The Balaban J connectivity index is 2.09. The second kappa shape index (κ2) is 9.27. The number of carbonyl (C=O) groups excluding carboxylic acids is 1. The van der Waals surface area contributed by atoms with Crippen molar-refractivity contribution in [3.8, 4) is 5.75 Å². The van der Waals surface area contributed by atoms with Crippen LogP contribution in [0.5, 0.6) is 5.75 Å². The molecule has 0 aliphatic heterocycles. The number of benzene rings is 2. The van der Waals surface area contributed by atoms with Gasteiger partial charge in [-0.05, 0) is 37.1 Å². The molecule has 0 heterocycles. The number of aliphatic hydroxyl groups is 1. The zero-order valence-electron chi connectivity index (χ0n) is 14.7. The Labute approximate surface area is 155 Å². The Morgan fingerprint density at radius 2 is 1.89 bits per heavy atom. The predicted molar refractivity (Wildman–Crippen MR) is 95.8 cm³/mol. The molecule has 0 bridgehead atoms. The van der Waals surface area contributed by atoms with Crippen molar-refractivity contribution in [1.82, 2.24) is 5.32 Å². The number of nitrogens with one attached hydrogen (secondary N) is 2. The molecule has 2 amide bonds. The molecule has 27 heavy (non-hydrogen) atoms. The fourth-order valence-corrected chi connectivity index (χ4v) is 2.53. The van der Waals surface area contributed by atoms with Crippen LogP contribution in [0, 0.1) is 0 Å². The molecule has 0 aliphatic rings. The first kappa shape index (κ1) is 20.6. The van der Waals surface area contributed by atoms with Crippen molar-refractivity contribution in [2.45, 2.75) is 25.6 Å². The van der Waals surface area contributed by atoms with Crippen molar-refractivity contribution >= 4 is 11.7 Å². The lowest BCUT2D eigenvalue weighted by molar-refractivity contribution is -0.137. The predicted octanol–water partition coefficient (Wildman–Crippen LogP) is 3.83. The van der Waals surface area contributed by atoms with Crippen LogP contribution >= 0.6 is 0 Å². The molecule has 0 fully saturated rings. The van der Waals surface area contributed by atoms with Crippen molar-refractivity contribution in [3.63, 3.8) is 0 Å². The van der Waals surface area contributed by atoms with Gasteiger partial charge in [0.1, 0.15) is 5.75 Å².